The second-order valence-electron chi connectivity index (χ2n) is 11.0. The van der Waals surface area contributed by atoms with Crippen molar-refractivity contribution in [2.75, 3.05) is 36.4 Å². The average Bonchev–Trinajstić information content (AvgIpc) is 3.13. The van der Waals surface area contributed by atoms with E-state index in [1.807, 2.05) is 18.7 Å². The van der Waals surface area contributed by atoms with Crippen LogP contribution in [-0.2, 0) is 4.79 Å². The molecule has 9 nitrogen and oxygen atoms in total. The first-order valence-corrected chi connectivity index (χ1v) is 14.3. The number of nitrogens with zero attached hydrogens (tertiary/aromatic N) is 5. The molecule has 4 aromatic rings. The lowest BCUT2D eigenvalue weighted by Gasteiger charge is -2.41. The number of benzene rings is 2. The summed E-state index contributed by atoms with van der Waals surface area (Å²) >= 11 is 6.90. The van der Waals surface area contributed by atoms with Crippen LogP contribution < -0.4 is 15.9 Å². The number of halogens is 3. The van der Waals surface area contributed by atoms with E-state index >= 15 is 8.78 Å². The molecular formula is C31H29ClF2N6O3. The zero-order valence-corrected chi connectivity index (χ0v) is 24.5. The van der Waals surface area contributed by atoms with Crippen molar-refractivity contribution in [2.24, 2.45) is 0 Å². The van der Waals surface area contributed by atoms with Crippen LogP contribution in [0.1, 0.15) is 31.0 Å². The maximum atomic E-state index is 17.2. The van der Waals surface area contributed by atoms with Crippen LogP contribution in [0.5, 0.6) is 5.75 Å². The highest BCUT2D eigenvalue weighted by atomic mass is 35.5. The Morgan fingerprint density at radius 2 is 2.00 bits per heavy atom. The van der Waals surface area contributed by atoms with Crippen molar-refractivity contribution < 1.29 is 18.7 Å². The first-order chi connectivity index (χ1) is 20.5. The van der Waals surface area contributed by atoms with Gasteiger partial charge in [0.1, 0.15) is 22.9 Å². The predicted molar refractivity (Wildman–Crippen MR) is 162 cm³/mol. The van der Waals surface area contributed by atoms with Crippen LogP contribution in [0.2, 0.25) is 5.02 Å². The van der Waals surface area contributed by atoms with E-state index in [0.29, 0.717) is 36.6 Å². The highest BCUT2D eigenvalue weighted by Crippen LogP contribution is 2.49. The molecule has 1 saturated heterocycles. The molecule has 1 fully saturated rings. The number of rotatable bonds is 4. The highest BCUT2D eigenvalue weighted by Gasteiger charge is 2.38. The highest BCUT2D eigenvalue weighted by molar-refractivity contribution is 6.38. The van der Waals surface area contributed by atoms with Crippen LogP contribution in [-0.4, -0.2) is 62.7 Å². The fourth-order valence-corrected chi connectivity index (χ4v) is 6.44. The molecule has 1 unspecified atom stereocenters. The van der Waals surface area contributed by atoms with Crippen molar-refractivity contribution in [1.29, 1.82) is 0 Å². The maximum Gasteiger partial charge on any atom is 0.354 e. The molecule has 2 aliphatic heterocycles. The number of piperazine rings is 1. The predicted octanol–water partition coefficient (Wildman–Crippen LogP) is 5.15. The first-order valence-electron chi connectivity index (χ1n) is 13.9. The molecule has 6 rings (SSSR count). The fraction of sp³-hybridized carbons (Fsp3) is 0.290. The fourth-order valence-electron chi connectivity index (χ4n) is 6.10. The molecule has 2 aromatic heterocycles. The van der Waals surface area contributed by atoms with Gasteiger partial charge in [-0.15, -0.1) is 0 Å². The summed E-state index contributed by atoms with van der Waals surface area (Å²) in [6.45, 7) is 10.4. The van der Waals surface area contributed by atoms with Gasteiger partial charge in [-0.2, -0.15) is 4.98 Å². The normalized spacial score (nSPS) is 16.2. The number of aryl methyl sites for hydroxylation is 1. The molecule has 0 bridgehead atoms. The minimum Gasteiger partial charge on any atom is -0.507 e. The Morgan fingerprint density at radius 3 is 2.70 bits per heavy atom. The van der Waals surface area contributed by atoms with Crippen molar-refractivity contribution in [2.45, 2.75) is 32.7 Å². The van der Waals surface area contributed by atoms with Crippen molar-refractivity contribution in [1.82, 2.24) is 19.4 Å². The van der Waals surface area contributed by atoms with Gasteiger partial charge in [0.2, 0.25) is 5.91 Å². The largest absolute Gasteiger partial charge is 0.507 e. The first kappa shape index (κ1) is 28.6. The van der Waals surface area contributed by atoms with E-state index in [4.69, 9.17) is 11.6 Å². The van der Waals surface area contributed by atoms with Crippen LogP contribution in [0.3, 0.4) is 0 Å². The maximum absolute atomic E-state index is 17.2. The Hall–Kier alpha value is -4.51. The van der Waals surface area contributed by atoms with Gasteiger partial charge in [0.15, 0.2) is 5.82 Å². The smallest absolute Gasteiger partial charge is 0.354 e. The average molecular weight is 607 g/mol. The molecule has 0 saturated carbocycles. The van der Waals surface area contributed by atoms with Gasteiger partial charge >= 0.3 is 5.69 Å². The number of amides is 1. The Bertz CT molecular complexity index is 1870. The van der Waals surface area contributed by atoms with E-state index in [9.17, 15) is 14.7 Å². The van der Waals surface area contributed by atoms with Gasteiger partial charge in [-0.25, -0.2) is 13.6 Å². The Kier molecular flexibility index (Phi) is 7.08. The molecular weight excluding hydrogens is 578 g/mol. The molecule has 1 amide bonds. The number of carbonyl (C=O) groups excluding carboxylic acids is 1. The van der Waals surface area contributed by atoms with Gasteiger partial charge in [-0.3, -0.25) is 14.3 Å². The molecule has 2 N–H and O–H groups in total. The van der Waals surface area contributed by atoms with Gasteiger partial charge in [0.05, 0.1) is 39.1 Å². The van der Waals surface area contributed by atoms with Crippen molar-refractivity contribution in [3.8, 4) is 22.6 Å². The van der Waals surface area contributed by atoms with Gasteiger partial charge < -0.3 is 20.2 Å². The number of carbonyl (C=O) groups is 1. The van der Waals surface area contributed by atoms with Crippen molar-refractivity contribution in [3.05, 3.63) is 81.5 Å². The summed E-state index contributed by atoms with van der Waals surface area (Å²) in [5.41, 5.74) is 0.0220. The summed E-state index contributed by atoms with van der Waals surface area (Å²) in [6, 6.07) is 5.00. The van der Waals surface area contributed by atoms with Crippen LogP contribution in [0.15, 0.2) is 47.9 Å². The summed E-state index contributed by atoms with van der Waals surface area (Å²) in [7, 11) is 0. The lowest BCUT2D eigenvalue weighted by Crippen LogP contribution is -2.57. The molecule has 43 heavy (non-hydrogen) atoms. The van der Waals surface area contributed by atoms with E-state index in [0.717, 1.165) is 6.07 Å². The van der Waals surface area contributed by atoms with Crippen LogP contribution in [0, 0.1) is 18.6 Å². The Morgan fingerprint density at radius 1 is 1.23 bits per heavy atom. The van der Waals surface area contributed by atoms with Crippen LogP contribution >= 0.6 is 11.6 Å². The third-order valence-corrected chi connectivity index (χ3v) is 8.49. The van der Waals surface area contributed by atoms with Gasteiger partial charge in [0, 0.05) is 37.9 Å². The zero-order valence-electron chi connectivity index (χ0n) is 23.8. The zero-order chi connectivity index (χ0) is 30.7. The number of pyridine rings is 1. The molecule has 1 atom stereocenters. The summed E-state index contributed by atoms with van der Waals surface area (Å²) in [4.78, 5) is 39.0. The number of phenolic OH excluding ortho intramolecular Hbond substituents is 1. The minimum absolute atomic E-state index is 0.143. The van der Waals surface area contributed by atoms with Crippen molar-refractivity contribution >= 4 is 39.9 Å². The molecule has 0 aliphatic carbocycles. The molecule has 222 valence electrons. The second kappa shape index (κ2) is 10.6. The lowest BCUT2D eigenvalue weighted by molar-refractivity contribution is -0.126. The summed E-state index contributed by atoms with van der Waals surface area (Å²) in [5.74, 6) is -2.57. The summed E-state index contributed by atoms with van der Waals surface area (Å²) in [6.07, 6.45) is 2.86. The minimum atomic E-state index is -0.997. The summed E-state index contributed by atoms with van der Waals surface area (Å²) in [5, 5.41) is 14.0. The Balaban J connectivity index is 1.76. The third-order valence-electron chi connectivity index (χ3n) is 8.12. The number of aromatic hydroxyl groups is 1. The summed E-state index contributed by atoms with van der Waals surface area (Å²) < 4.78 is 33.6. The molecule has 2 aliphatic rings. The Labute approximate surface area is 251 Å². The van der Waals surface area contributed by atoms with E-state index in [1.165, 1.54) is 22.8 Å². The number of fused-ring (bicyclic) bond motifs is 2. The van der Waals surface area contributed by atoms with E-state index in [1.54, 1.807) is 24.1 Å². The number of phenols is 1. The number of nitrogens with one attached hydrogen (secondary N) is 1. The quantitative estimate of drug-likeness (QED) is 0.310. The molecule has 12 heteroatoms. The SMILES string of the molecule is C=CC(=O)N1CCN2c3nc(=O)n(-c4c(C)ccnc4C(C)C)c4c(F)c(-c5c(O)cccc5F)c(Cl)c(c34)NCC2C1. The topological polar surface area (TPSA) is 104 Å². The van der Waals surface area contributed by atoms with Crippen molar-refractivity contribution in [3.63, 3.8) is 0 Å². The molecule has 2 aromatic carbocycles. The second-order valence-corrected chi connectivity index (χ2v) is 11.4. The molecule has 0 spiro atoms. The number of hydrogen-bond donors (Lipinski definition) is 2. The number of anilines is 2. The molecule has 0 radical (unpaired) electrons. The standard InChI is InChI=1S/C31H29ClF2N6O3/c1-5-20(42)38-11-12-39-17(14-38)13-36-27-23-29(25(34)22(24(27)32)21-18(33)7-6-8-19(21)41)40(31(43)37-30(23)39)28-16(4)9-10-35-26(28)15(2)3/h5-10,15,17,36,41H,1,11-14H2,2-4H3. The van der Waals surface area contributed by atoms with Gasteiger partial charge in [0.25, 0.3) is 0 Å². The van der Waals surface area contributed by atoms with E-state index in [2.05, 4.69) is 21.9 Å². The van der Waals surface area contributed by atoms with E-state index < -0.39 is 34.2 Å². The lowest BCUT2D eigenvalue weighted by atomic mass is 9.98. The van der Waals surface area contributed by atoms with Crippen LogP contribution in [0.4, 0.5) is 20.3 Å². The number of hydrogen-bond acceptors (Lipinski definition) is 7. The van der Waals surface area contributed by atoms with E-state index in [-0.39, 0.29) is 51.8 Å². The molecule has 4 heterocycles. The number of aromatic nitrogens is 3. The monoisotopic (exact) mass is 606 g/mol. The third kappa shape index (κ3) is 4.41. The van der Waals surface area contributed by atoms with Gasteiger partial charge in [-0.05, 0) is 42.7 Å². The van der Waals surface area contributed by atoms with Gasteiger partial charge in [-0.1, -0.05) is 38.1 Å². The van der Waals surface area contributed by atoms with Crippen LogP contribution in [0.25, 0.3) is 27.7 Å².